The van der Waals surface area contributed by atoms with Crippen molar-refractivity contribution in [3.63, 3.8) is 0 Å². The van der Waals surface area contributed by atoms with Crippen molar-refractivity contribution < 1.29 is 23.1 Å². The van der Waals surface area contributed by atoms with Gasteiger partial charge in [0.25, 0.3) is 10.0 Å². The van der Waals surface area contributed by atoms with E-state index in [1.165, 1.54) is 37.4 Å². The maximum atomic E-state index is 12.4. The zero-order valence-corrected chi connectivity index (χ0v) is 12.8. The summed E-state index contributed by atoms with van der Waals surface area (Å²) in [5.41, 5.74) is 0.486. The van der Waals surface area contributed by atoms with Gasteiger partial charge in [0, 0.05) is 0 Å². The normalized spacial score (nSPS) is 11.0. The van der Waals surface area contributed by atoms with Crippen LogP contribution in [0.25, 0.3) is 0 Å². The Kier molecular flexibility index (Phi) is 4.37. The Morgan fingerprint density at radius 1 is 1.14 bits per heavy atom. The fraction of sp³-hybridized carbons (Fsp3) is 0.133. The number of carbonyl (C=O) groups is 1. The third kappa shape index (κ3) is 3.20. The Bertz CT molecular complexity index is 797. The molecule has 6 nitrogen and oxygen atoms in total. The van der Waals surface area contributed by atoms with Crippen LogP contribution < -0.4 is 9.46 Å². The average Bonchev–Trinajstić information content (AvgIpc) is 2.49. The molecule has 2 aromatic rings. The van der Waals surface area contributed by atoms with Gasteiger partial charge < -0.3 is 9.84 Å². The Morgan fingerprint density at radius 3 is 2.32 bits per heavy atom. The summed E-state index contributed by atoms with van der Waals surface area (Å²) in [4.78, 5) is 11.2. The molecule has 0 spiro atoms. The number of aryl methyl sites for hydroxylation is 1. The highest BCUT2D eigenvalue weighted by Gasteiger charge is 2.20. The monoisotopic (exact) mass is 321 g/mol. The van der Waals surface area contributed by atoms with Crippen molar-refractivity contribution in [1.29, 1.82) is 0 Å². The van der Waals surface area contributed by atoms with Crippen LogP contribution in [0.3, 0.4) is 0 Å². The molecule has 0 saturated heterocycles. The standard InChI is InChI=1S/C15H15NO5S/c1-10-4-3-5-13(15(17)18)14(10)16-22(19,20)12-8-6-11(21-2)7-9-12/h3-9,16H,1-2H3,(H,17,18). The molecule has 0 fully saturated rings. The van der Waals surface area contributed by atoms with Crippen LogP contribution in [0.4, 0.5) is 5.69 Å². The van der Waals surface area contributed by atoms with Crippen molar-refractivity contribution in [2.75, 3.05) is 11.8 Å². The van der Waals surface area contributed by atoms with Gasteiger partial charge in [-0.2, -0.15) is 0 Å². The lowest BCUT2D eigenvalue weighted by Gasteiger charge is -2.13. The number of aromatic carboxylic acids is 1. The van der Waals surface area contributed by atoms with E-state index in [9.17, 15) is 18.3 Å². The van der Waals surface area contributed by atoms with Gasteiger partial charge >= 0.3 is 5.97 Å². The first-order valence-electron chi connectivity index (χ1n) is 6.35. The summed E-state index contributed by atoms with van der Waals surface area (Å²) in [6.45, 7) is 1.64. The molecule has 0 saturated carbocycles. The van der Waals surface area contributed by atoms with Crippen molar-refractivity contribution in [3.05, 3.63) is 53.6 Å². The summed E-state index contributed by atoms with van der Waals surface area (Å²) < 4.78 is 32.1. The minimum atomic E-state index is -3.89. The van der Waals surface area contributed by atoms with Gasteiger partial charge in [-0.25, -0.2) is 13.2 Å². The summed E-state index contributed by atoms with van der Waals surface area (Å²) in [6.07, 6.45) is 0. The number of hydrogen-bond donors (Lipinski definition) is 2. The molecular formula is C15H15NO5S. The van der Waals surface area contributed by atoms with Crippen LogP contribution in [0.1, 0.15) is 15.9 Å². The zero-order chi connectivity index (χ0) is 16.3. The Morgan fingerprint density at radius 2 is 1.77 bits per heavy atom. The number of ether oxygens (including phenoxy) is 1. The first-order chi connectivity index (χ1) is 10.3. The van der Waals surface area contributed by atoms with Gasteiger partial charge in [0.1, 0.15) is 5.75 Å². The average molecular weight is 321 g/mol. The summed E-state index contributed by atoms with van der Waals surface area (Å²) in [5.74, 6) is -0.669. The molecule has 0 aliphatic carbocycles. The van der Waals surface area contributed by atoms with Crippen molar-refractivity contribution in [2.45, 2.75) is 11.8 Å². The van der Waals surface area contributed by atoms with E-state index >= 15 is 0 Å². The molecule has 0 heterocycles. The summed E-state index contributed by atoms with van der Waals surface area (Å²) in [5, 5.41) is 9.17. The maximum Gasteiger partial charge on any atom is 0.337 e. The predicted octanol–water partition coefficient (Wildman–Crippen LogP) is 2.50. The highest BCUT2D eigenvalue weighted by atomic mass is 32.2. The zero-order valence-electron chi connectivity index (χ0n) is 12.0. The number of hydrogen-bond acceptors (Lipinski definition) is 4. The lowest BCUT2D eigenvalue weighted by Crippen LogP contribution is -2.16. The van der Waals surface area contributed by atoms with E-state index in [1.807, 2.05) is 0 Å². The molecule has 2 rings (SSSR count). The third-order valence-electron chi connectivity index (χ3n) is 3.11. The summed E-state index contributed by atoms with van der Waals surface area (Å²) >= 11 is 0. The van der Waals surface area contributed by atoms with Crippen LogP contribution in [-0.4, -0.2) is 26.6 Å². The molecule has 0 aliphatic heterocycles. The molecule has 0 radical (unpaired) electrons. The van der Waals surface area contributed by atoms with E-state index in [2.05, 4.69) is 4.72 Å². The van der Waals surface area contributed by atoms with Gasteiger partial charge in [0.2, 0.25) is 0 Å². The van der Waals surface area contributed by atoms with Crippen LogP contribution in [-0.2, 0) is 10.0 Å². The first-order valence-corrected chi connectivity index (χ1v) is 7.83. The molecule has 2 N–H and O–H groups in total. The Labute approximate surface area is 128 Å². The largest absolute Gasteiger partial charge is 0.497 e. The van der Waals surface area contributed by atoms with E-state index in [0.29, 0.717) is 11.3 Å². The lowest BCUT2D eigenvalue weighted by molar-refractivity contribution is 0.0698. The van der Waals surface area contributed by atoms with E-state index in [0.717, 1.165) is 0 Å². The van der Waals surface area contributed by atoms with Crippen LogP contribution in [0, 0.1) is 6.92 Å². The molecule has 0 atom stereocenters. The van der Waals surface area contributed by atoms with E-state index < -0.39 is 16.0 Å². The number of anilines is 1. The molecule has 2 aromatic carbocycles. The van der Waals surface area contributed by atoms with Crippen LogP contribution in [0.5, 0.6) is 5.75 Å². The molecule has 0 aliphatic rings. The van der Waals surface area contributed by atoms with Crippen molar-refractivity contribution in [2.24, 2.45) is 0 Å². The second-order valence-electron chi connectivity index (χ2n) is 4.58. The number of para-hydroxylation sites is 1. The summed E-state index contributed by atoms with van der Waals surface area (Å²) in [7, 11) is -2.41. The van der Waals surface area contributed by atoms with Gasteiger partial charge in [0.05, 0.1) is 23.3 Å². The van der Waals surface area contributed by atoms with Gasteiger partial charge in [-0.1, -0.05) is 12.1 Å². The SMILES string of the molecule is COc1ccc(S(=O)(=O)Nc2c(C)cccc2C(=O)O)cc1. The molecule has 7 heteroatoms. The van der Waals surface area contributed by atoms with Crippen molar-refractivity contribution in [1.82, 2.24) is 0 Å². The topological polar surface area (TPSA) is 92.7 Å². The van der Waals surface area contributed by atoms with Crippen LogP contribution in [0.15, 0.2) is 47.4 Å². The van der Waals surface area contributed by atoms with Crippen LogP contribution in [0.2, 0.25) is 0 Å². The predicted molar refractivity (Wildman–Crippen MR) is 81.9 cm³/mol. The van der Waals surface area contributed by atoms with E-state index in [4.69, 9.17) is 4.74 Å². The van der Waals surface area contributed by atoms with Gasteiger partial charge in [0.15, 0.2) is 0 Å². The molecule has 0 amide bonds. The quantitative estimate of drug-likeness (QED) is 0.882. The minimum Gasteiger partial charge on any atom is -0.497 e. The fourth-order valence-corrected chi connectivity index (χ4v) is 3.08. The Hall–Kier alpha value is -2.54. The van der Waals surface area contributed by atoms with Crippen molar-refractivity contribution in [3.8, 4) is 5.75 Å². The van der Waals surface area contributed by atoms with Crippen molar-refractivity contribution >= 4 is 21.7 Å². The number of methoxy groups -OCH3 is 1. The van der Waals surface area contributed by atoms with Crippen LogP contribution >= 0.6 is 0 Å². The molecule has 116 valence electrons. The maximum absolute atomic E-state index is 12.4. The lowest BCUT2D eigenvalue weighted by atomic mass is 10.1. The smallest absolute Gasteiger partial charge is 0.337 e. The van der Waals surface area contributed by atoms with E-state index in [1.54, 1.807) is 19.1 Å². The van der Waals surface area contributed by atoms with Gasteiger partial charge in [-0.05, 0) is 42.8 Å². The molecule has 22 heavy (non-hydrogen) atoms. The molecule has 0 aromatic heterocycles. The second-order valence-corrected chi connectivity index (χ2v) is 6.27. The number of rotatable bonds is 5. The second kappa shape index (κ2) is 6.07. The first kappa shape index (κ1) is 15.8. The minimum absolute atomic E-state index is 0.0212. The number of carboxylic acid groups (broad SMARTS) is 1. The highest BCUT2D eigenvalue weighted by Crippen LogP contribution is 2.25. The highest BCUT2D eigenvalue weighted by molar-refractivity contribution is 7.92. The number of carboxylic acids is 1. The molecular weight excluding hydrogens is 306 g/mol. The number of nitrogens with one attached hydrogen (secondary N) is 1. The Balaban J connectivity index is 2.42. The fourth-order valence-electron chi connectivity index (χ4n) is 1.93. The van der Waals surface area contributed by atoms with E-state index in [-0.39, 0.29) is 16.1 Å². The molecule has 0 bridgehead atoms. The van der Waals surface area contributed by atoms with Gasteiger partial charge in [-0.15, -0.1) is 0 Å². The number of sulfonamides is 1. The third-order valence-corrected chi connectivity index (χ3v) is 4.47. The van der Waals surface area contributed by atoms with Gasteiger partial charge in [-0.3, -0.25) is 4.72 Å². The number of benzene rings is 2. The summed E-state index contributed by atoms with van der Waals surface area (Å²) in [6, 6.07) is 10.4. The molecule has 0 unspecified atom stereocenters.